The summed E-state index contributed by atoms with van der Waals surface area (Å²) in [4.78, 5) is 0. The van der Waals surface area contributed by atoms with E-state index in [0.717, 1.165) is 5.56 Å². The van der Waals surface area contributed by atoms with Crippen LogP contribution < -0.4 is 5.73 Å². The lowest BCUT2D eigenvalue weighted by atomic mass is 9.97. The molecule has 3 aromatic carbocycles. The molecule has 1 atom stereocenters. The summed E-state index contributed by atoms with van der Waals surface area (Å²) in [5.41, 5.74) is 8.88. The number of hydrogen-bond acceptors (Lipinski definition) is 1. The van der Waals surface area contributed by atoms with Crippen LogP contribution in [0.1, 0.15) is 22.7 Å². The van der Waals surface area contributed by atoms with Crippen molar-refractivity contribution in [3.8, 4) is 0 Å². The molecular weight excluding hydrogens is 261 g/mol. The second kappa shape index (κ2) is 5.66. The minimum Gasteiger partial charge on any atom is -0.324 e. The van der Waals surface area contributed by atoms with Gasteiger partial charge in [-0.25, -0.2) is 4.39 Å². The van der Waals surface area contributed by atoms with E-state index in [1.54, 1.807) is 19.1 Å². The van der Waals surface area contributed by atoms with Crippen molar-refractivity contribution < 1.29 is 4.39 Å². The highest BCUT2D eigenvalue weighted by Crippen LogP contribution is 2.21. The number of aryl methyl sites for hydroxylation is 1. The molecule has 0 bridgehead atoms. The lowest BCUT2D eigenvalue weighted by Gasteiger charge is -2.13. The van der Waals surface area contributed by atoms with E-state index in [2.05, 4.69) is 30.3 Å². The van der Waals surface area contributed by atoms with Gasteiger partial charge < -0.3 is 5.73 Å². The van der Waals surface area contributed by atoms with Gasteiger partial charge in [0.25, 0.3) is 0 Å². The van der Waals surface area contributed by atoms with Crippen molar-refractivity contribution in [1.82, 2.24) is 0 Å². The van der Waals surface area contributed by atoms with Crippen LogP contribution in [-0.4, -0.2) is 0 Å². The Bertz CT molecular complexity index is 779. The molecule has 3 rings (SSSR count). The zero-order valence-corrected chi connectivity index (χ0v) is 12.0. The Morgan fingerprint density at radius 2 is 1.71 bits per heavy atom. The summed E-state index contributed by atoms with van der Waals surface area (Å²) < 4.78 is 13.6. The van der Waals surface area contributed by atoms with Gasteiger partial charge in [0.2, 0.25) is 0 Å². The lowest BCUT2D eigenvalue weighted by Crippen LogP contribution is -2.13. The fourth-order valence-electron chi connectivity index (χ4n) is 2.58. The van der Waals surface area contributed by atoms with Crippen LogP contribution in [0, 0.1) is 12.7 Å². The maximum Gasteiger partial charge on any atom is 0.126 e. The molecule has 0 amide bonds. The van der Waals surface area contributed by atoms with Gasteiger partial charge in [0.05, 0.1) is 0 Å². The third kappa shape index (κ3) is 2.96. The number of fused-ring (bicyclic) bond motifs is 1. The Kier molecular flexibility index (Phi) is 3.72. The van der Waals surface area contributed by atoms with Crippen LogP contribution in [0.3, 0.4) is 0 Å². The van der Waals surface area contributed by atoms with Gasteiger partial charge in [-0.1, -0.05) is 54.6 Å². The molecule has 0 heterocycles. The van der Waals surface area contributed by atoms with E-state index >= 15 is 0 Å². The highest BCUT2D eigenvalue weighted by atomic mass is 19.1. The summed E-state index contributed by atoms with van der Waals surface area (Å²) in [6, 6.07) is 19.6. The first-order valence-corrected chi connectivity index (χ1v) is 7.13. The summed E-state index contributed by atoms with van der Waals surface area (Å²) >= 11 is 0. The third-order valence-electron chi connectivity index (χ3n) is 3.89. The highest BCUT2D eigenvalue weighted by Gasteiger charge is 2.09. The van der Waals surface area contributed by atoms with Crippen molar-refractivity contribution >= 4 is 10.8 Å². The number of benzene rings is 3. The van der Waals surface area contributed by atoms with Gasteiger partial charge in [-0.3, -0.25) is 0 Å². The SMILES string of the molecule is Cc1ccc(C(N)Cc2ccc3ccccc3c2)cc1F. The number of halogens is 1. The molecule has 21 heavy (non-hydrogen) atoms. The first-order chi connectivity index (χ1) is 10.1. The van der Waals surface area contributed by atoms with Gasteiger partial charge >= 0.3 is 0 Å². The molecular formula is C19H18FN. The van der Waals surface area contributed by atoms with Gasteiger partial charge in [0, 0.05) is 6.04 Å². The second-order valence-corrected chi connectivity index (χ2v) is 5.50. The lowest BCUT2D eigenvalue weighted by molar-refractivity contribution is 0.610. The third-order valence-corrected chi connectivity index (χ3v) is 3.89. The Labute approximate surface area is 124 Å². The van der Waals surface area contributed by atoms with Gasteiger partial charge in [0.15, 0.2) is 0 Å². The maximum atomic E-state index is 13.6. The molecule has 0 spiro atoms. The molecule has 0 radical (unpaired) electrons. The van der Waals surface area contributed by atoms with E-state index in [-0.39, 0.29) is 11.9 Å². The molecule has 2 N–H and O–H groups in total. The first-order valence-electron chi connectivity index (χ1n) is 7.13. The molecule has 0 aliphatic carbocycles. The Morgan fingerprint density at radius 3 is 2.48 bits per heavy atom. The maximum absolute atomic E-state index is 13.6. The topological polar surface area (TPSA) is 26.0 Å². The van der Waals surface area contributed by atoms with Crippen molar-refractivity contribution in [3.63, 3.8) is 0 Å². The van der Waals surface area contributed by atoms with Gasteiger partial charge in [-0.2, -0.15) is 0 Å². The van der Waals surface area contributed by atoms with E-state index in [0.29, 0.717) is 12.0 Å². The zero-order chi connectivity index (χ0) is 14.8. The van der Waals surface area contributed by atoms with Gasteiger partial charge in [-0.05, 0) is 46.9 Å². The van der Waals surface area contributed by atoms with Crippen molar-refractivity contribution in [3.05, 3.63) is 83.2 Å². The van der Waals surface area contributed by atoms with Crippen LogP contribution in [0.5, 0.6) is 0 Å². The molecule has 0 aliphatic heterocycles. The summed E-state index contributed by atoms with van der Waals surface area (Å²) in [7, 11) is 0. The van der Waals surface area contributed by atoms with E-state index in [1.807, 2.05) is 18.2 Å². The molecule has 1 unspecified atom stereocenters. The minimum atomic E-state index is -0.193. The smallest absolute Gasteiger partial charge is 0.126 e. The van der Waals surface area contributed by atoms with Gasteiger partial charge in [0.1, 0.15) is 5.82 Å². The number of hydrogen-bond donors (Lipinski definition) is 1. The van der Waals surface area contributed by atoms with Crippen LogP contribution in [0.2, 0.25) is 0 Å². The fourth-order valence-corrected chi connectivity index (χ4v) is 2.58. The standard InChI is InChI=1S/C19H18FN/c1-13-6-8-17(12-18(13)20)19(21)11-14-7-9-15-4-2-3-5-16(15)10-14/h2-10,12,19H,11,21H2,1H3. The van der Waals surface area contributed by atoms with Crippen LogP contribution in [-0.2, 0) is 6.42 Å². The predicted octanol–water partition coefficient (Wildman–Crippen LogP) is 4.53. The van der Waals surface area contributed by atoms with E-state index in [4.69, 9.17) is 5.73 Å². The molecule has 0 fully saturated rings. The summed E-state index contributed by atoms with van der Waals surface area (Å²) in [5.74, 6) is -0.193. The Morgan fingerprint density at radius 1 is 0.952 bits per heavy atom. The molecule has 3 aromatic rings. The zero-order valence-electron chi connectivity index (χ0n) is 12.0. The molecule has 0 aromatic heterocycles. The molecule has 0 saturated heterocycles. The molecule has 0 aliphatic rings. The minimum absolute atomic E-state index is 0.193. The predicted molar refractivity (Wildman–Crippen MR) is 85.7 cm³/mol. The molecule has 0 saturated carbocycles. The van der Waals surface area contributed by atoms with E-state index in [9.17, 15) is 4.39 Å². The molecule has 2 heteroatoms. The van der Waals surface area contributed by atoms with Crippen LogP contribution in [0.4, 0.5) is 4.39 Å². The van der Waals surface area contributed by atoms with E-state index in [1.165, 1.54) is 16.3 Å². The largest absolute Gasteiger partial charge is 0.324 e. The van der Waals surface area contributed by atoms with Crippen LogP contribution in [0.25, 0.3) is 10.8 Å². The quantitative estimate of drug-likeness (QED) is 0.749. The summed E-state index contributed by atoms with van der Waals surface area (Å²) in [6.45, 7) is 1.76. The summed E-state index contributed by atoms with van der Waals surface area (Å²) in [6.07, 6.45) is 0.702. The van der Waals surface area contributed by atoms with Crippen molar-refractivity contribution in [2.45, 2.75) is 19.4 Å². The monoisotopic (exact) mass is 279 g/mol. The van der Waals surface area contributed by atoms with Crippen molar-refractivity contribution in [2.24, 2.45) is 5.73 Å². The average Bonchev–Trinajstić information content (AvgIpc) is 2.50. The Balaban J connectivity index is 1.85. The van der Waals surface area contributed by atoms with Crippen LogP contribution >= 0.6 is 0 Å². The molecule has 1 nitrogen and oxygen atoms in total. The Hall–Kier alpha value is -2.19. The average molecular weight is 279 g/mol. The number of nitrogens with two attached hydrogens (primary N) is 1. The summed E-state index contributed by atoms with van der Waals surface area (Å²) in [5, 5.41) is 2.42. The normalized spacial score (nSPS) is 12.5. The highest BCUT2D eigenvalue weighted by molar-refractivity contribution is 5.83. The van der Waals surface area contributed by atoms with Crippen molar-refractivity contribution in [1.29, 1.82) is 0 Å². The van der Waals surface area contributed by atoms with E-state index < -0.39 is 0 Å². The molecule has 106 valence electrons. The first kappa shape index (κ1) is 13.8. The second-order valence-electron chi connectivity index (χ2n) is 5.50. The number of rotatable bonds is 3. The van der Waals surface area contributed by atoms with Crippen molar-refractivity contribution in [2.75, 3.05) is 0 Å². The fraction of sp³-hybridized carbons (Fsp3) is 0.158. The van der Waals surface area contributed by atoms with Gasteiger partial charge in [-0.15, -0.1) is 0 Å². The van der Waals surface area contributed by atoms with Crippen LogP contribution in [0.15, 0.2) is 60.7 Å².